The van der Waals surface area contributed by atoms with E-state index in [1.165, 1.54) is 17.7 Å². The van der Waals surface area contributed by atoms with E-state index >= 15 is 0 Å². The maximum absolute atomic E-state index is 14.1. The van der Waals surface area contributed by atoms with E-state index in [4.69, 9.17) is 0 Å². The molecule has 1 fully saturated rings. The van der Waals surface area contributed by atoms with Crippen molar-refractivity contribution >= 4 is 11.7 Å². The zero-order valence-electron chi connectivity index (χ0n) is 26.3. The van der Waals surface area contributed by atoms with Gasteiger partial charge in [0.15, 0.2) is 5.78 Å². The minimum Gasteiger partial charge on any atom is -0.392 e. The second-order valence-electron chi connectivity index (χ2n) is 12.4. The molecular formula is C37H46F2N2O3. The number of ketones is 1. The number of carbonyl (C=O) groups excluding carboxylic acids is 2. The molecule has 1 amide bonds. The third-order valence-electron chi connectivity index (χ3n) is 8.55. The van der Waals surface area contributed by atoms with Crippen molar-refractivity contribution in [2.24, 2.45) is 11.8 Å². The van der Waals surface area contributed by atoms with Crippen LogP contribution in [0.5, 0.6) is 0 Å². The summed E-state index contributed by atoms with van der Waals surface area (Å²) in [6, 6.07) is 18.8. The summed E-state index contributed by atoms with van der Waals surface area (Å²) in [5.41, 5.74) is 3.30. The van der Waals surface area contributed by atoms with Crippen LogP contribution in [0.15, 0.2) is 66.7 Å². The zero-order chi connectivity index (χ0) is 31.6. The van der Waals surface area contributed by atoms with Crippen LogP contribution in [0.4, 0.5) is 8.78 Å². The number of hydrogen-bond donors (Lipinski definition) is 1. The molecule has 0 spiro atoms. The number of benzene rings is 3. The number of aliphatic hydroxyl groups excluding tert-OH is 1. The summed E-state index contributed by atoms with van der Waals surface area (Å²) in [7, 11) is 0. The summed E-state index contributed by atoms with van der Waals surface area (Å²) in [6.07, 6.45) is 2.72. The number of aryl methyl sites for hydroxylation is 1. The largest absolute Gasteiger partial charge is 0.392 e. The molecule has 4 rings (SSSR count). The van der Waals surface area contributed by atoms with Crippen LogP contribution in [0.25, 0.3) is 0 Å². The molecule has 236 valence electrons. The molecule has 1 aliphatic heterocycles. The SMILES string of the molecule is CCCN(CCC)C(=O)c1cc(C)cc(C(=O)C[C@@H](Cc2cc(F)cc(F)c2)[C@H](O)[C@@H]2CCCN(Cc3ccccc3)C2)c1. The van der Waals surface area contributed by atoms with Crippen LogP contribution < -0.4 is 0 Å². The van der Waals surface area contributed by atoms with Gasteiger partial charge in [0.05, 0.1) is 6.10 Å². The number of likely N-dealkylation sites (tertiary alicyclic amines) is 1. The summed E-state index contributed by atoms with van der Waals surface area (Å²) in [6.45, 7) is 9.58. The van der Waals surface area contributed by atoms with E-state index in [9.17, 15) is 23.5 Å². The Morgan fingerprint density at radius 2 is 1.59 bits per heavy atom. The van der Waals surface area contributed by atoms with Crippen molar-refractivity contribution in [1.82, 2.24) is 9.80 Å². The molecule has 0 aromatic heterocycles. The molecule has 3 atom stereocenters. The first-order valence-corrected chi connectivity index (χ1v) is 16.0. The Kier molecular flexibility index (Phi) is 12.2. The average molecular weight is 605 g/mol. The molecule has 0 radical (unpaired) electrons. The van der Waals surface area contributed by atoms with Crippen molar-refractivity contribution in [1.29, 1.82) is 0 Å². The average Bonchev–Trinajstić information content (AvgIpc) is 2.99. The molecule has 1 saturated heterocycles. The maximum atomic E-state index is 14.1. The van der Waals surface area contributed by atoms with Gasteiger partial charge < -0.3 is 10.0 Å². The van der Waals surface area contributed by atoms with Crippen LogP contribution in [-0.2, 0) is 13.0 Å². The highest BCUT2D eigenvalue weighted by Crippen LogP contribution is 2.30. The molecule has 0 bridgehead atoms. The van der Waals surface area contributed by atoms with Gasteiger partial charge in [0, 0.05) is 49.8 Å². The quantitative estimate of drug-likeness (QED) is 0.197. The van der Waals surface area contributed by atoms with Gasteiger partial charge >= 0.3 is 0 Å². The first-order chi connectivity index (χ1) is 21.2. The molecule has 5 nitrogen and oxygen atoms in total. The van der Waals surface area contributed by atoms with Crippen LogP contribution in [0.1, 0.15) is 83.4 Å². The Balaban J connectivity index is 1.57. The van der Waals surface area contributed by atoms with E-state index in [-0.39, 0.29) is 30.4 Å². The van der Waals surface area contributed by atoms with Crippen molar-refractivity contribution < 1.29 is 23.5 Å². The Hall–Kier alpha value is -3.42. The first-order valence-electron chi connectivity index (χ1n) is 16.0. The number of halogens is 2. The van der Waals surface area contributed by atoms with Crippen molar-refractivity contribution in [2.75, 3.05) is 26.2 Å². The number of piperidine rings is 1. The third-order valence-corrected chi connectivity index (χ3v) is 8.55. The number of Topliss-reactive ketones (excluding diaryl/α,β-unsaturated/α-hetero) is 1. The zero-order valence-corrected chi connectivity index (χ0v) is 26.3. The fourth-order valence-electron chi connectivity index (χ4n) is 6.55. The molecule has 3 aromatic carbocycles. The fourth-order valence-corrected chi connectivity index (χ4v) is 6.55. The van der Waals surface area contributed by atoms with Gasteiger partial charge in [0.1, 0.15) is 11.6 Å². The first kappa shape index (κ1) is 33.5. The minimum absolute atomic E-state index is 0.000791. The fraction of sp³-hybridized carbons (Fsp3) is 0.459. The second kappa shape index (κ2) is 16.1. The molecule has 1 heterocycles. The number of hydrogen-bond acceptors (Lipinski definition) is 4. The number of nitrogens with zero attached hydrogens (tertiary/aromatic N) is 2. The molecule has 0 unspecified atom stereocenters. The van der Waals surface area contributed by atoms with Gasteiger partial charge in [-0.1, -0.05) is 44.2 Å². The topological polar surface area (TPSA) is 60.9 Å². The lowest BCUT2D eigenvalue weighted by molar-refractivity contribution is 0.00755. The predicted molar refractivity (Wildman–Crippen MR) is 171 cm³/mol. The molecule has 1 aliphatic rings. The van der Waals surface area contributed by atoms with Gasteiger partial charge in [-0.3, -0.25) is 14.5 Å². The molecule has 44 heavy (non-hydrogen) atoms. The normalized spacial score (nSPS) is 16.8. The highest BCUT2D eigenvalue weighted by Gasteiger charge is 2.33. The molecule has 1 N–H and O–H groups in total. The standard InChI is InChI=1S/C37H46F2N2O3/c1-4-13-41(14-5-2)37(44)32-17-26(3)16-30(21-32)35(42)22-31(18-28-19-33(38)23-34(39)20-28)36(43)29-12-9-15-40(25-29)24-27-10-7-6-8-11-27/h6-8,10-11,16-17,19-21,23,29,31,36,43H,4-5,9,12-15,18,22,24-25H2,1-3H3/t29-,31-,36-/m1/s1. The second-order valence-corrected chi connectivity index (χ2v) is 12.4. The lowest BCUT2D eigenvalue weighted by Crippen LogP contribution is -2.43. The molecular weight excluding hydrogens is 558 g/mol. The minimum atomic E-state index is -0.848. The van der Waals surface area contributed by atoms with Crippen LogP contribution in [0, 0.1) is 30.4 Å². The van der Waals surface area contributed by atoms with Crippen molar-refractivity contribution in [3.05, 3.63) is 106 Å². The van der Waals surface area contributed by atoms with Crippen molar-refractivity contribution in [3.63, 3.8) is 0 Å². The number of aliphatic hydroxyl groups is 1. The summed E-state index contributed by atoms with van der Waals surface area (Å²) in [5.74, 6) is -2.30. The van der Waals surface area contributed by atoms with Gasteiger partial charge in [0.2, 0.25) is 0 Å². The van der Waals surface area contributed by atoms with Gasteiger partial charge in [-0.05, 0) is 104 Å². The predicted octanol–water partition coefficient (Wildman–Crippen LogP) is 7.24. The Bertz CT molecular complexity index is 1370. The number of carbonyl (C=O) groups is 2. The molecule has 0 saturated carbocycles. The van der Waals surface area contributed by atoms with E-state index in [0.29, 0.717) is 36.3 Å². The Labute approximate surface area is 260 Å². The van der Waals surface area contributed by atoms with Gasteiger partial charge in [-0.15, -0.1) is 0 Å². The number of amides is 1. The third kappa shape index (κ3) is 9.29. The van der Waals surface area contributed by atoms with E-state index in [1.54, 1.807) is 12.1 Å². The van der Waals surface area contributed by atoms with Gasteiger partial charge in [-0.25, -0.2) is 8.78 Å². The lowest BCUT2D eigenvalue weighted by atomic mass is 9.79. The monoisotopic (exact) mass is 604 g/mol. The Morgan fingerprint density at radius 3 is 2.25 bits per heavy atom. The smallest absolute Gasteiger partial charge is 0.253 e. The van der Waals surface area contributed by atoms with E-state index in [0.717, 1.165) is 50.4 Å². The van der Waals surface area contributed by atoms with Crippen LogP contribution in [0.3, 0.4) is 0 Å². The maximum Gasteiger partial charge on any atom is 0.253 e. The van der Waals surface area contributed by atoms with E-state index in [1.807, 2.05) is 49.9 Å². The van der Waals surface area contributed by atoms with Crippen LogP contribution in [-0.4, -0.2) is 58.9 Å². The lowest BCUT2D eigenvalue weighted by Gasteiger charge is -2.38. The number of rotatable bonds is 14. The van der Waals surface area contributed by atoms with E-state index in [2.05, 4.69) is 17.0 Å². The summed E-state index contributed by atoms with van der Waals surface area (Å²) >= 11 is 0. The van der Waals surface area contributed by atoms with E-state index < -0.39 is 23.7 Å². The van der Waals surface area contributed by atoms with Gasteiger partial charge in [0.25, 0.3) is 5.91 Å². The highest BCUT2D eigenvalue weighted by atomic mass is 19.1. The molecule has 3 aromatic rings. The molecule has 7 heteroatoms. The van der Waals surface area contributed by atoms with Crippen LogP contribution >= 0.6 is 0 Å². The summed E-state index contributed by atoms with van der Waals surface area (Å²) < 4.78 is 28.3. The van der Waals surface area contributed by atoms with Crippen LogP contribution in [0.2, 0.25) is 0 Å². The summed E-state index contributed by atoms with van der Waals surface area (Å²) in [4.78, 5) is 31.3. The van der Waals surface area contributed by atoms with Crippen molar-refractivity contribution in [3.8, 4) is 0 Å². The molecule has 0 aliphatic carbocycles. The van der Waals surface area contributed by atoms with Crippen molar-refractivity contribution in [2.45, 2.75) is 71.9 Å². The highest BCUT2D eigenvalue weighted by molar-refractivity contribution is 6.01. The Morgan fingerprint density at radius 1 is 0.932 bits per heavy atom. The summed E-state index contributed by atoms with van der Waals surface area (Å²) in [5, 5.41) is 11.8. The van der Waals surface area contributed by atoms with Gasteiger partial charge in [-0.2, -0.15) is 0 Å².